The summed E-state index contributed by atoms with van der Waals surface area (Å²) < 4.78 is 0.575. The highest BCUT2D eigenvalue weighted by molar-refractivity contribution is 9.10. The van der Waals surface area contributed by atoms with Crippen LogP contribution in [0.3, 0.4) is 0 Å². The zero-order valence-electron chi connectivity index (χ0n) is 10.3. The SMILES string of the molecule is O=C(c1cc(Cl)cc(Cl)c1)c1cc2[nH]c(=O)[nH]c2cc1Br. The van der Waals surface area contributed by atoms with Gasteiger partial charge in [-0.3, -0.25) is 4.79 Å². The summed E-state index contributed by atoms with van der Waals surface area (Å²) in [5, 5.41) is 0.774. The average Bonchev–Trinajstić information content (AvgIpc) is 2.75. The highest BCUT2D eigenvalue weighted by Crippen LogP contribution is 2.26. The second-order valence-corrected chi connectivity index (χ2v) is 6.17. The summed E-state index contributed by atoms with van der Waals surface area (Å²) in [6, 6.07) is 7.93. The Bertz CT molecular complexity index is 910. The number of carbonyl (C=O) groups is 1. The molecule has 2 N–H and O–H groups in total. The summed E-state index contributed by atoms with van der Waals surface area (Å²) in [7, 11) is 0. The first-order valence-electron chi connectivity index (χ1n) is 5.86. The van der Waals surface area contributed by atoms with E-state index in [4.69, 9.17) is 23.2 Å². The van der Waals surface area contributed by atoms with Gasteiger partial charge in [0.1, 0.15) is 0 Å². The van der Waals surface area contributed by atoms with Crippen LogP contribution in [0, 0.1) is 0 Å². The number of benzene rings is 2. The molecule has 0 aliphatic rings. The van der Waals surface area contributed by atoms with Crippen molar-refractivity contribution >= 4 is 55.9 Å². The van der Waals surface area contributed by atoms with E-state index < -0.39 is 0 Å². The summed E-state index contributed by atoms with van der Waals surface area (Å²) in [4.78, 5) is 29.1. The Labute approximate surface area is 137 Å². The lowest BCUT2D eigenvalue weighted by Crippen LogP contribution is -2.02. The molecule has 3 rings (SSSR count). The number of aromatic amines is 2. The van der Waals surface area contributed by atoms with E-state index >= 15 is 0 Å². The Hall–Kier alpha value is -1.56. The van der Waals surface area contributed by atoms with Gasteiger partial charge in [0.2, 0.25) is 0 Å². The molecule has 0 radical (unpaired) electrons. The van der Waals surface area contributed by atoms with Crippen LogP contribution in [0.25, 0.3) is 11.0 Å². The molecule has 0 aliphatic heterocycles. The molecule has 0 fully saturated rings. The van der Waals surface area contributed by atoms with Gasteiger partial charge in [-0.15, -0.1) is 0 Å². The van der Waals surface area contributed by atoms with Crippen molar-refractivity contribution in [2.45, 2.75) is 0 Å². The second kappa shape index (κ2) is 5.33. The maximum Gasteiger partial charge on any atom is 0.323 e. The molecule has 0 bridgehead atoms. The van der Waals surface area contributed by atoms with Crippen LogP contribution in [0.4, 0.5) is 0 Å². The Morgan fingerprint density at radius 2 is 1.52 bits per heavy atom. The third-order valence-electron chi connectivity index (χ3n) is 2.97. The standard InChI is InChI=1S/C14H7BrCl2N2O2/c15-10-5-12-11(18-14(21)19-12)4-9(10)13(20)6-1-7(16)3-8(17)2-6/h1-5H,(H2,18,19,21). The topological polar surface area (TPSA) is 65.7 Å². The van der Waals surface area contributed by atoms with E-state index in [2.05, 4.69) is 25.9 Å². The smallest absolute Gasteiger partial charge is 0.306 e. The van der Waals surface area contributed by atoms with Crippen LogP contribution in [0.5, 0.6) is 0 Å². The van der Waals surface area contributed by atoms with Gasteiger partial charge >= 0.3 is 5.69 Å². The molecule has 21 heavy (non-hydrogen) atoms. The van der Waals surface area contributed by atoms with Crippen molar-refractivity contribution in [3.63, 3.8) is 0 Å². The van der Waals surface area contributed by atoms with Gasteiger partial charge in [-0.05, 0) is 46.3 Å². The van der Waals surface area contributed by atoms with Gasteiger partial charge in [0.15, 0.2) is 5.78 Å². The fourth-order valence-corrected chi connectivity index (χ4v) is 3.12. The molecule has 2 aromatic carbocycles. The molecule has 0 unspecified atom stereocenters. The fraction of sp³-hybridized carbons (Fsp3) is 0. The van der Waals surface area contributed by atoms with Crippen molar-refractivity contribution in [2.24, 2.45) is 0 Å². The first-order valence-corrected chi connectivity index (χ1v) is 7.41. The molecule has 4 nitrogen and oxygen atoms in total. The fourth-order valence-electron chi connectivity index (χ4n) is 2.07. The molecule has 0 spiro atoms. The predicted molar refractivity (Wildman–Crippen MR) is 86.5 cm³/mol. The monoisotopic (exact) mass is 384 g/mol. The Morgan fingerprint density at radius 3 is 2.14 bits per heavy atom. The van der Waals surface area contributed by atoms with Crippen molar-refractivity contribution in [1.29, 1.82) is 0 Å². The van der Waals surface area contributed by atoms with Crippen LogP contribution in [-0.2, 0) is 0 Å². The summed E-state index contributed by atoms with van der Waals surface area (Å²) in [6.45, 7) is 0. The number of H-pyrrole nitrogens is 2. The van der Waals surface area contributed by atoms with Crippen LogP contribution < -0.4 is 5.69 Å². The number of halogens is 3. The minimum Gasteiger partial charge on any atom is -0.306 e. The Kier molecular flexibility index (Phi) is 3.65. The second-order valence-electron chi connectivity index (χ2n) is 4.44. The number of imidazole rings is 1. The average molecular weight is 386 g/mol. The van der Waals surface area contributed by atoms with Crippen LogP contribution in [0.1, 0.15) is 15.9 Å². The molecule has 0 saturated carbocycles. The lowest BCUT2D eigenvalue weighted by Gasteiger charge is -2.05. The van der Waals surface area contributed by atoms with Gasteiger partial charge < -0.3 is 9.97 Å². The summed E-state index contributed by atoms with van der Waals surface area (Å²) >= 11 is 15.2. The number of hydrogen-bond acceptors (Lipinski definition) is 2. The van der Waals surface area contributed by atoms with Crippen molar-refractivity contribution in [3.8, 4) is 0 Å². The van der Waals surface area contributed by atoms with E-state index in [9.17, 15) is 9.59 Å². The number of hydrogen-bond donors (Lipinski definition) is 2. The highest BCUT2D eigenvalue weighted by atomic mass is 79.9. The van der Waals surface area contributed by atoms with Gasteiger partial charge in [0, 0.05) is 25.6 Å². The van der Waals surface area contributed by atoms with Crippen molar-refractivity contribution in [3.05, 3.63) is 66.5 Å². The molecule has 0 saturated heterocycles. The summed E-state index contributed by atoms with van der Waals surface area (Å²) in [6.07, 6.45) is 0. The zero-order chi connectivity index (χ0) is 15.1. The van der Waals surface area contributed by atoms with E-state index in [1.54, 1.807) is 30.3 Å². The van der Waals surface area contributed by atoms with E-state index in [-0.39, 0.29) is 11.5 Å². The summed E-state index contributed by atoms with van der Waals surface area (Å²) in [5.41, 5.74) is 1.64. The third kappa shape index (κ3) is 2.77. The van der Waals surface area contributed by atoms with E-state index in [0.29, 0.717) is 36.7 Å². The van der Waals surface area contributed by atoms with Crippen molar-refractivity contribution < 1.29 is 4.79 Å². The molecule has 0 atom stereocenters. The lowest BCUT2D eigenvalue weighted by atomic mass is 10.0. The first kappa shape index (κ1) is 14.4. The molecule has 7 heteroatoms. The van der Waals surface area contributed by atoms with Crippen molar-refractivity contribution in [1.82, 2.24) is 9.97 Å². The van der Waals surface area contributed by atoms with E-state index in [1.165, 1.54) is 0 Å². The number of fused-ring (bicyclic) bond motifs is 1. The molecule has 1 heterocycles. The molecule has 0 amide bonds. The number of ketones is 1. The molecule has 0 aliphatic carbocycles. The van der Waals surface area contributed by atoms with Gasteiger partial charge in [-0.25, -0.2) is 4.79 Å². The number of rotatable bonds is 2. The van der Waals surface area contributed by atoms with E-state index in [0.717, 1.165) is 0 Å². The van der Waals surface area contributed by atoms with Crippen LogP contribution in [-0.4, -0.2) is 15.8 Å². The molecule has 106 valence electrons. The summed E-state index contributed by atoms with van der Waals surface area (Å²) in [5.74, 6) is -0.241. The molecule has 3 aromatic rings. The molecular weight excluding hydrogens is 379 g/mol. The third-order valence-corrected chi connectivity index (χ3v) is 4.07. The van der Waals surface area contributed by atoms with Gasteiger partial charge in [0.05, 0.1) is 11.0 Å². The minimum atomic E-state index is -0.327. The normalized spacial score (nSPS) is 11.0. The number of carbonyl (C=O) groups excluding carboxylic acids is 1. The highest BCUT2D eigenvalue weighted by Gasteiger charge is 2.16. The largest absolute Gasteiger partial charge is 0.323 e. The quantitative estimate of drug-likeness (QED) is 0.650. The maximum atomic E-state index is 12.6. The van der Waals surface area contributed by atoms with E-state index in [1.807, 2.05) is 0 Å². The van der Waals surface area contributed by atoms with Gasteiger partial charge in [0.25, 0.3) is 0 Å². The number of nitrogens with one attached hydrogen (secondary N) is 2. The Balaban J connectivity index is 2.16. The number of aromatic nitrogens is 2. The molecule has 1 aromatic heterocycles. The Morgan fingerprint density at radius 1 is 0.952 bits per heavy atom. The molecular formula is C14H7BrCl2N2O2. The lowest BCUT2D eigenvalue weighted by molar-refractivity contribution is 0.103. The first-order chi connectivity index (χ1) is 9.94. The van der Waals surface area contributed by atoms with Crippen LogP contribution >= 0.6 is 39.1 Å². The maximum absolute atomic E-state index is 12.6. The zero-order valence-corrected chi connectivity index (χ0v) is 13.4. The van der Waals surface area contributed by atoms with Crippen LogP contribution in [0.15, 0.2) is 39.6 Å². The van der Waals surface area contributed by atoms with Crippen molar-refractivity contribution in [2.75, 3.05) is 0 Å². The van der Waals surface area contributed by atoms with Gasteiger partial charge in [-0.1, -0.05) is 23.2 Å². The van der Waals surface area contributed by atoms with Crippen LogP contribution in [0.2, 0.25) is 10.0 Å². The minimum absolute atomic E-state index is 0.241. The predicted octanol–water partition coefficient (Wildman–Crippen LogP) is 4.16. The van der Waals surface area contributed by atoms with Gasteiger partial charge in [-0.2, -0.15) is 0 Å².